The van der Waals surface area contributed by atoms with Gasteiger partial charge in [0.1, 0.15) is 11.8 Å². The predicted octanol–water partition coefficient (Wildman–Crippen LogP) is 2.24. The van der Waals surface area contributed by atoms with E-state index in [1.165, 1.54) is 18.1 Å². The van der Waals surface area contributed by atoms with Gasteiger partial charge in [0, 0.05) is 12.5 Å². The van der Waals surface area contributed by atoms with E-state index in [0.717, 1.165) is 0 Å². The Morgan fingerprint density at radius 2 is 1.88 bits per heavy atom. The normalized spacial score (nSPS) is 18.8. The molecule has 0 aromatic carbocycles. The molecule has 1 unspecified atom stereocenters. The van der Waals surface area contributed by atoms with Gasteiger partial charge in [0.2, 0.25) is 5.91 Å². The summed E-state index contributed by atoms with van der Waals surface area (Å²) in [6, 6.07) is -1.09. The van der Waals surface area contributed by atoms with Crippen LogP contribution in [0.25, 0.3) is 0 Å². The molecule has 1 rings (SSSR count). The van der Waals surface area contributed by atoms with Crippen molar-refractivity contribution >= 4 is 17.7 Å². The number of imide groups is 1. The van der Waals surface area contributed by atoms with E-state index in [2.05, 4.69) is 5.32 Å². The summed E-state index contributed by atoms with van der Waals surface area (Å²) in [5.74, 6) is 0.0929. The van der Waals surface area contributed by atoms with Gasteiger partial charge in [-0.05, 0) is 24.7 Å². The van der Waals surface area contributed by atoms with Crippen LogP contribution in [-0.2, 0) is 19.1 Å². The minimum atomic E-state index is -0.694. The topological polar surface area (TPSA) is 75.7 Å². The molecule has 0 aromatic rings. The molecular weight excluding hydrogens is 308 g/mol. The summed E-state index contributed by atoms with van der Waals surface area (Å²) in [4.78, 5) is 38.4. The second kappa shape index (κ2) is 8.85. The van der Waals surface area contributed by atoms with Crippen LogP contribution < -0.4 is 5.32 Å². The largest absolute Gasteiger partial charge is 0.499 e. The van der Waals surface area contributed by atoms with E-state index >= 15 is 0 Å². The van der Waals surface area contributed by atoms with Crippen molar-refractivity contribution < 1.29 is 19.1 Å². The van der Waals surface area contributed by atoms with E-state index in [4.69, 9.17) is 4.74 Å². The lowest BCUT2D eigenvalue weighted by Crippen LogP contribution is -2.52. The van der Waals surface area contributed by atoms with Crippen LogP contribution in [-0.4, -0.2) is 41.8 Å². The number of nitrogens with one attached hydrogen (secondary N) is 1. The Balaban J connectivity index is 3.05. The number of hydrogen-bond donors (Lipinski definition) is 1. The van der Waals surface area contributed by atoms with Gasteiger partial charge in [-0.25, -0.2) is 0 Å². The molecular formula is C18H30N2O4. The van der Waals surface area contributed by atoms with Crippen molar-refractivity contribution in [3.63, 3.8) is 0 Å². The molecule has 1 aliphatic rings. The Hall–Kier alpha value is -1.85. The van der Waals surface area contributed by atoms with E-state index in [9.17, 15) is 14.4 Å². The number of carbonyl (C=O) groups excluding carboxylic acids is 3. The van der Waals surface area contributed by atoms with E-state index in [1.807, 2.05) is 27.7 Å². The van der Waals surface area contributed by atoms with Gasteiger partial charge in [0.05, 0.1) is 13.2 Å². The predicted molar refractivity (Wildman–Crippen MR) is 91.9 cm³/mol. The zero-order chi connectivity index (χ0) is 18.4. The average Bonchev–Trinajstić information content (AvgIpc) is 2.80. The lowest BCUT2D eigenvalue weighted by atomic mass is 9.99. The molecule has 0 aromatic heterocycles. The monoisotopic (exact) mass is 338 g/mol. The smallest absolute Gasteiger partial charge is 0.257 e. The minimum Gasteiger partial charge on any atom is -0.499 e. The van der Waals surface area contributed by atoms with E-state index in [1.54, 1.807) is 6.92 Å². The molecule has 0 aliphatic carbocycles. The second-order valence-corrected chi connectivity index (χ2v) is 7.05. The fraction of sp³-hybridized carbons (Fsp3) is 0.722. The van der Waals surface area contributed by atoms with E-state index < -0.39 is 12.1 Å². The van der Waals surface area contributed by atoms with Crippen LogP contribution >= 0.6 is 0 Å². The summed E-state index contributed by atoms with van der Waals surface area (Å²) >= 11 is 0. The molecule has 6 heteroatoms. The highest BCUT2D eigenvalue weighted by Crippen LogP contribution is 2.27. The fourth-order valence-electron chi connectivity index (χ4n) is 2.85. The summed E-state index contributed by atoms with van der Waals surface area (Å²) in [5.41, 5.74) is 0. The van der Waals surface area contributed by atoms with Gasteiger partial charge in [0.25, 0.3) is 11.8 Å². The molecule has 2 atom stereocenters. The third-order valence-electron chi connectivity index (χ3n) is 3.97. The summed E-state index contributed by atoms with van der Waals surface area (Å²) in [6.07, 6.45) is 2.80. The SMILES string of the molecule is CCC(=O)N[C@H](CC(C)C)C(=O)N1C(=O)C=C(OC)C1CC(C)C. The summed E-state index contributed by atoms with van der Waals surface area (Å²) in [6.45, 7) is 9.76. The van der Waals surface area contributed by atoms with Crippen molar-refractivity contribution in [2.24, 2.45) is 11.8 Å². The highest BCUT2D eigenvalue weighted by Gasteiger charge is 2.41. The van der Waals surface area contributed by atoms with Gasteiger partial charge >= 0.3 is 0 Å². The first-order valence-corrected chi connectivity index (χ1v) is 8.63. The number of rotatable bonds is 8. The average molecular weight is 338 g/mol. The van der Waals surface area contributed by atoms with Gasteiger partial charge < -0.3 is 10.1 Å². The molecule has 6 nitrogen and oxygen atoms in total. The quantitative estimate of drug-likeness (QED) is 0.736. The lowest BCUT2D eigenvalue weighted by Gasteiger charge is -2.30. The lowest BCUT2D eigenvalue weighted by molar-refractivity contribution is -0.146. The second-order valence-electron chi connectivity index (χ2n) is 7.05. The maximum Gasteiger partial charge on any atom is 0.257 e. The maximum atomic E-state index is 13.0. The molecule has 1 heterocycles. The third-order valence-corrected chi connectivity index (χ3v) is 3.97. The minimum absolute atomic E-state index is 0.194. The zero-order valence-corrected chi connectivity index (χ0v) is 15.6. The number of carbonyl (C=O) groups is 3. The molecule has 0 saturated heterocycles. The Kier molecular flexibility index (Phi) is 7.45. The van der Waals surface area contributed by atoms with Gasteiger partial charge in [-0.3, -0.25) is 19.3 Å². The molecule has 0 radical (unpaired) electrons. The van der Waals surface area contributed by atoms with Crippen LogP contribution in [0, 0.1) is 11.8 Å². The van der Waals surface area contributed by atoms with Crippen molar-refractivity contribution in [1.29, 1.82) is 0 Å². The first-order valence-electron chi connectivity index (χ1n) is 8.63. The van der Waals surface area contributed by atoms with Crippen LogP contribution in [0.3, 0.4) is 0 Å². The Morgan fingerprint density at radius 1 is 1.25 bits per heavy atom. The van der Waals surface area contributed by atoms with Crippen LogP contribution in [0.15, 0.2) is 11.8 Å². The van der Waals surface area contributed by atoms with Crippen LogP contribution in [0.5, 0.6) is 0 Å². The Labute approximate surface area is 144 Å². The molecule has 0 fully saturated rings. The molecule has 0 bridgehead atoms. The van der Waals surface area contributed by atoms with Gasteiger partial charge in [-0.2, -0.15) is 0 Å². The number of hydrogen-bond acceptors (Lipinski definition) is 4. The summed E-state index contributed by atoms with van der Waals surface area (Å²) < 4.78 is 5.30. The Morgan fingerprint density at radius 3 is 2.33 bits per heavy atom. The highest BCUT2D eigenvalue weighted by atomic mass is 16.5. The number of nitrogens with zero attached hydrogens (tertiary/aromatic N) is 1. The van der Waals surface area contributed by atoms with Crippen molar-refractivity contribution in [2.75, 3.05) is 7.11 Å². The number of ether oxygens (including phenoxy) is 1. The molecule has 136 valence electrons. The van der Waals surface area contributed by atoms with Gasteiger partial charge in [-0.1, -0.05) is 34.6 Å². The molecule has 1 aliphatic heterocycles. The fourth-order valence-corrected chi connectivity index (χ4v) is 2.85. The third kappa shape index (κ3) is 5.08. The zero-order valence-electron chi connectivity index (χ0n) is 15.6. The van der Waals surface area contributed by atoms with Crippen molar-refractivity contribution in [3.8, 4) is 0 Å². The van der Waals surface area contributed by atoms with E-state index in [0.29, 0.717) is 30.9 Å². The molecule has 24 heavy (non-hydrogen) atoms. The number of amides is 3. The van der Waals surface area contributed by atoms with Crippen LogP contribution in [0.4, 0.5) is 0 Å². The van der Waals surface area contributed by atoms with Crippen LogP contribution in [0.1, 0.15) is 53.9 Å². The first-order chi connectivity index (χ1) is 11.2. The Bertz CT molecular complexity index is 511. The molecule has 1 N–H and O–H groups in total. The molecule has 3 amide bonds. The van der Waals surface area contributed by atoms with Crippen molar-refractivity contribution in [2.45, 2.75) is 66.0 Å². The maximum absolute atomic E-state index is 13.0. The van der Waals surface area contributed by atoms with Crippen molar-refractivity contribution in [3.05, 3.63) is 11.8 Å². The first kappa shape index (κ1) is 20.2. The van der Waals surface area contributed by atoms with Crippen LogP contribution in [0.2, 0.25) is 0 Å². The highest BCUT2D eigenvalue weighted by molar-refractivity contribution is 6.06. The van der Waals surface area contributed by atoms with Crippen molar-refractivity contribution in [1.82, 2.24) is 10.2 Å². The van der Waals surface area contributed by atoms with Gasteiger partial charge in [-0.15, -0.1) is 0 Å². The van der Waals surface area contributed by atoms with E-state index in [-0.39, 0.29) is 23.6 Å². The summed E-state index contributed by atoms with van der Waals surface area (Å²) in [5, 5.41) is 2.76. The summed E-state index contributed by atoms with van der Waals surface area (Å²) in [7, 11) is 1.50. The van der Waals surface area contributed by atoms with Gasteiger partial charge in [0.15, 0.2) is 0 Å². The standard InChI is InChI=1S/C18H30N2O4/c1-7-16(21)19-13(8-11(2)3)18(23)20-14(9-12(4)5)15(24-6)10-17(20)22/h10-14H,7-9H2,1-6H3,(H,19,21)/t13-,14?/m1/s1. The molecule has 0 spiro atoms. The number of methoxy groups -OCH3 is 1. The molecule has 0 saturated carbocycles.